The van der Waals surface area contributed by atoms with Gasteiger partial charge in [0.2, 0.25) is 11.8 Å². The second-order valence-corrected chi connectivity index (χ2v) is 9.67. The van der Waals surface area contributed by atoms with Gasteiger partial charge in [0.1, 0.15) is 5.25 Å². The normalized spacial score (nSPS) is 17.4. The van der Waals surface area contributed by atoms with Crippen molar-refractivity contribution in [2.45, 2.75) is 18.2 Å². The Morgan fingerprint density at radius 3 is 2.44 bits per heavy atom. The number of anilines is 1. The lowest BCUT2D eigenvalue weighted by Gasteiger charge is -2.32. The molecule has 32 heavy (non-hydrogen) atoms. The van der Waals surface area contributed by atoms with E-state index in [-0.39, 0.29) is 18.2 Å². The van der Waals surface area contributed by atoms with Crippen LogP contribution in [0.2, 0.25) is 5.02 Å². The summed E-state index contributed by atoms with van der Waals surface area (Å²) in [6.07, 6.45) is 0.0917. The second kappa shape index (κ2) is 10.3. The molecule has 162 valence electrons. The number of rotatable bonds is 5. The molecule has 2 amide bonds. The van der Waals surface area contributed by atoms with Gasteiger partial charge in [-0.25, -0.2) is 4.99 Å². The van der Waals surface area contributed by atoms with Crippen molar-refractivity contribution >= 4 is 67.6 Å². The third-order valence-electron chi connectivity index (χ3n) is 4.78. The first-order valence-electron chi connectivity index (χ1n) is 9.89. The van der Waals surface area contributed by atoms with Crippen molar-refractivity contribution in [1.29, 1.82) is 0 Å². The van der Waals surface area contributed by atoms with Crippen LogP contribution in [0.5, 0.6) is 0 Å². The number of aliphatic imine (C=N–C) groups is 1. The van der Waals surface area contributed by atoms with Crippen LogP contribution in [0.15, 0.2) is 88.3 Å². The Morgan fingerprint density at radius 1 is 1.06 bits per heavy atom. The van der Waals surface area contributed by atoms with E-state index in [0.29, 0.717) is 22.4 Å². The molecule has 1 fully saturated rings. The number of hydrogen-bond acceptors (Lipinski definition) is 4. The molecule has 1 unspecified atom stereocenters. The quantitative estimate of drug-likeness (QED) is 0.425. The SMILES string of the molecule is O=C(Nc1ccc(Br)cc1)C1CC(=O)N(Cc2ccc(Cl)cc2)C(=Nc2ccccc2)S1. The molecule has 1 aliphatic rings. The summed E-state index contributed by atoms with van der Waals surface area (Å²) < 4.78 is 0.924. The van der Waals surface area contributed by atoms with E-state index in [4.69, 9.17) is 11.6 Å². The maximum atomic E-state index is 13.1. The van der Waals surface area contributed by atoms with Crippen LogP contribution in [0, 0.1) is 0 Å². The van der Waals surface area contributed by atoms with Crippen LogP contribution in [0.4, 0.5) is 11.4 Å². The van der Waals surface area contributed by atoms with Gasteiger partial charge in [-0.3, -0.25) is 14.5 Å². The van der Waals surface area contributed by atoms with Crippen molar-refractivity contribution in [3.05, 3.63) is 93.9 Å². The van der Waals surface area contributed by atoms with Crippen molar-refractivity contribution in [3.63, 3.8) is 0 Å². The molecule has 1 atom stereocenters. The summed E-state index contributed by atoms with van der Waals surface area (Å²) >= 11 is 10.7. The highest BCUT2D eigenvalue weighted by atomic mass is 79.9. The predicted molar refractivity (Wildman–Crippen MR) is 134 cm³/mol. The average Bonchev–Trinajstić information content (AvgIpc) is 2.79. The third-order valence-corrected chi connectivity index (χ3v) is 6.75. The number of carbonyl (C=O) groups is 2. The molecule has 1 saturated heterocycles. The van der Waals surface area contributed by atoms with Gasteiger partial charge in [0.15, 0.2) is 5.17 Å². The maximum Gasteiger partial charge on any atom is 0.238 e. The van der Waals surface area contributed by atoms with Gasteiger partial charge in [-0.2, -0.15) is 0 Å². The van der Waals surface area contributed by atoms with Crippen LogP contribution < -0.4 is 5.32 Å². The van der Waals surface area contributed by atoms with E-state index in [0.717, 1.165) is 15.7 Å². The van der Waals surface area contributed by atoms with Crippen molar-refractivity contribution in [2.24, 2.45) is 4.99 Å². The Balaban J connectivity index is 1.57. The van der Waals surface area contributed by atoms with Crippen LogP contribution in [-0.4, -0.2) is 27.1 Å². The molecule has 0 aromatic heterocycles. The molecule has 0 bridgehead atoms. The predicted octanol–water partition coefficient (Wildman–Crippen LogP) is 6.26. The van der Waals surface area contributed by atoms with Gasteiger partial charge in [0.05, 0.1) is 12.2 Å². The molecule has 5 nitrogen and oxygen atoms in total. The minimum Gasteiger partial charge on any atom is -0.325 e. The van der Waals surface area contributed by atoms with Gasteiger partial charge < -0.3 is 5.32 Å². The fourth-order valence-electron chi connectivity index (χ4n) is 3.14. The zero-order valence-corrected chi connectivity index (χ0v) is 20.0. The Kier molecular flexibility index (Phi) is 7.29. The number of amidine groups is 1. The van der Waals surface area contributed by atoms with Crippen molar-refractivity contribution < 1.29 is 9.59 Å². The van der Waals surface area contributed by atoms with Gasteiger partial charge in [-0.05, 0) is 54.1 Å². The smallest absolute Gasteiger partial charge is 0.238 e. The molecule has 3 aromatic rings. The largest absolute Gasteiger partial charge is 0.325 e. The highest BCUT2D eigenvalue weighted by Gasteiger charge is 2.36. The van der Waals surface area contributed by atoms with Crippen LogP contribution in [0.3, 0.4) is 0 Å². The second-order valence-electron chi connectivity index (χ2n) is 7.14. The zero-order chi connectivity index (χ0) is 22.5. The molecular weight excluding hydrogens is 510 g/mol. The Hall–Kier alpha value is -2.61. The van der Waals surface area contributed by atoms with E-state index in [9.17, 15) is 9.59 Å². The van der Waals surface area contributed by atoms with E-state index >= 15 is 0 Å². The third kappa shape index (κ3) is 5.79. The fraction of sp³-hybridized carbons (Fsp3) is 0.125. The van der Waals surface area contributed by atoms with E-state index in [2.05, 4.69) is 26.2 Å². The topological polar surface area (TPSA) is 61.8 Å². The van der Waals surface area contributed by atoms with Gasteiger partial charge >= 0.3 is 0 Å². The number of para-hydroxylation sites is 1. The van der Waals surface area contributed by atoms with Crippen LogP contribution >= 0.6 is 39.3 Å². The summed E-state index contributed by atoms with van der Waals surface area (Å²) in [4.78, 5) is 32.3. The maximum absolute atomic E-state index is 13.1. The van der Waals surface area contributed by atoms with Crippen molar-refractivity contribution in [3.8, 4) is 0 Å². The summed E-state index contributed by atoms with van der Waals surface area (Å²) in [5.74, 6) is -0.373. The fourth-order valence-corrected chi connectivity index (χ4v) is 4.63. The summed E-state index contributed by atoms with van der Waals surface area (Å²) in [6, 6.07) is 24.1. The lowest BCUT2D eigenvalue weighted by atomic mass is 10.2. The average molecular weight is 529 g/mol. The summed E-state index contributed by atoms with van der Waals surface area (Å²) in [5.41, 5.74) is 2.33. The summed E-state index contributed by atoms with van der Waals surface area (Å²) in [6.45, 7) is 0.357. The lowest BCUT2D eigenvalue weighted by molar-refractivity contribution is -0.129. The molecule has 4 rings (SSSR count). The van der Waals surface area contributed by atoms with Crippen molar-refractivity contribution in [2.75, 3.05) is 5.32 Å². The van der Waals surface area contributed by atoms with Gasteiger partial charge in [0, 0.05) is 21.6 Å². The first-order valence-corrected chi connectivity index (χ1v) is 11.9. The van der Waals surface area contributed by atoms with E-state index < -0.39 is 5.25 Å². The molecule has 3 aromatic carbocycles. The molecule has 0 aliphatic carbocycles. The molecule has 8 heteroatoms. The Morgan fingerprint density at radius 2 is 1.75 bits per heavy atom. The molecule has 1 aliphatic heterocycles. The zero-order valence-electron chi connectivity index (χ0n) is 16.9. The first kappa shape index (κ1) is 22.6. The highest BCUT2D eigenvalue weighted by Crippen LogP contribution is 2.31. The highest BCUT2D eigenvalue weighted by molar-refractivity contribution is 9.10. The molecule has 0 radical (unpaired) electrons. The molecule has 0 saturated carbocycles. The van der Waals surface area contributed by atoms with E-state index in [1.807, 2.05) is 66.7 Å². The summed E-state index contributed by atoms with van der Waals surface area (Å²) in [7, 11) is 0. The first-order chi connectivity index (χ1) is 15.5. The number of hydrogen-bond donors (Lipinski definition) is 1. The van der Waals surface area contributed by atoms with Crippen LogP contribution in [0.25, 0.3) is 0 Å². The number of carbonyl (C=O) groups excluding carboxylic acids is 2. The number of nitrogens with zero attached hydrogens (tertiary/aromatic N) is 2. The number of nitrogens with one attached hydrogen (secondary N) is 1. The number of halogens is 2. The summed E-state index contributed by atoms with van der Waals surface area (Å²) in [5, 5.41) is 3.45. The molecule has 0 spiro atoms. The number of amides is 2. The van der Waals surface area contributed by atoms with Crippen LogP contribution in [0.1, 0.15) is 12.0 Å². The standard InChI is InChI=1S/C24H19BrClN3O2S/c25-17-8-12-20(13-9-17)27-23(31)21-14-22(30)29(15-16-6-10-18(26)11-7-16)24(32-21)28-19-4-2-1-3-5-19/h1-13,21H,14-15H2,(H,27,31). The van der Waals surface area contributed by atoms with Crippen LogP contribution in [-0.2, 0) is 16.1 Å². The number of thioether (sulfide) groups is 1. The van der Waals surface area contributed by atoms with E-state index in [1.54, 1.807) is 17.0 Å². The van der Waals surface area contributed by atoms with Gasteiger partial charge in [-0.1, -0.05) is 69.6 Å². The van der Waals surface area contributed by atoms with Gasteiger partial charge in [0.25, 0.3) is 0 Å². The molecular formula is C24H19BrClN3O2S. The Labute approximate surface area is 204 Å². The Bertz CT molecular complexity index is 1140. The minimum absolute atomic E-state index is 0.0917. The molecule has 1 heterocycles. The van der Waals surface area contributed by atoms with Gasteiger partial charge in [-0.15, -0.1) is 0 Å². The van der Waals surface area contributed by atoms with E-state index in [1.165, 1.54) is 11.8 Å². The van der Waals surface area contributed by atoms with Crippen molar-refractivity contribution in [1.82, 2.24) is 4.90 Å². The minimum atomic E-state index is -0.574. The monoisotopic (exact) mass is 527 g/mol. The lowest BCUT2D eigenvalue weighted by Crippen LogP contribution is -2.44. The molecule has 1 N–H and O–H groups in total. The number of benzene rings is 3.